The molecule has 1 aromatic carbocycles. The van der Waals surface area contributed by atoms with Crippen molar-refractivity contribution in [2.45, 2.75) is 6.04 Å². The van der Waals surface area contributed by atoms with Gasteiger partial charge in [-0.1, -0.05) is 5.16 Å². The van der Waals surface area contributed by atoms with Crippen LogP contribution in [0.2, 0.25) is 0 Å². The van der Waals surface area contributed by atoms with Crippen LogP contribution in [0.4, 0.5) is 5.69 Å². The minimum absolute atomic E-state index is 0.192. The molecular formula is C15H21N5O. The zero-order valence-corrected chi connectivity index (χ0v) is 12.7. The first-order valence-corrected chi connectivity index (χ1v) is 7.18. The van der Waals surface area contributed by atoms with Crippen molar-refractivity contribution >= 4 is 5.69 Å². The Bertz CT molecular complexity index is 594. The molecule has 2 aromatic rings. The standard InChI is InChI=1S/C15H21N5O/c1-16-12-6-4-11(5-7-12)15-17-14(18-21-15)13-10-19(2)8-9-20(13)3/h4-7,13,16H,8-10H2,1-3H3. The fraction of sp³-hybridized carbons (Fsp3) is 0.467. The fourth-order valence-electron chi connectivity index (χ4n) is 2.56. The normalized spacial score (nSPS) is 20.6. The van der Waals surface area contributed by atoms with E-state index in [4.69, 9.17) is 4.52 Å². The van der Waals surface area contributed by atoms with Gasteiger partial charge in [0.05, 0.1) is 6.04 Å². The molecule has 1 fully saturated rings. The summed E-state index contributed by atoms with van der Waals surface area (Å²) in [5.41, 5.74) is 2.01. The number of rotatable bonds is 3. The monoisotopic (exact) mass is 287 g/mol. The summed E-state index contributed by atoms with van der Waals surface area (Å²) < 4.78 is 5.43. The SMILES string of the molecule is CNc1ccc(-c2nc(C3CN(C)CCN3C)no2)cc1. The highest BCUT2D eigenvalue weighted by atomic mass is 16.5. The van der Waals surface area contributed by atoms with Crippen LogP contribution in [0.3, 0.4) is 0 Å². The van der Waals surface area contributed by atoms with E-state index in [9.17, 15) is 0 Å². The van der Waals surface area contributed by atoms with Crippen LogP contribution < -0.4 is 5.32 Å². The lowest BCUT2D eigenvalue weighted by atomic mass is 10.1. The molecule has 6 nitrogen and oxygen atoms in total. The van der Waals surface area contributed by atoms with Gasteiger partial charge >= 0.3 is 0 Å². The molecule has 1 atom stereocenters. The van der Waals surface area contributed by atoms with E-state index >= 15 is 0 Å². The molecule has 0 saturated carbocycles. The summed E-state index contributed by atoms with van der Waals surface area (Å²) in [6, 6.07) is 8.16. The third-order valence-electron chi connectivity index (χ3n) is 4.01. The molecule has 1 saturated heterocycles. The van der Waals surface area contributed by atoms with E-state index in [2.05, 4.69) is 39.4 Å². The number of piperazine rings is 1. The van der Waals surface area contributed by atoms with Crippen LogP contribution in [-0.4, -0.2) is 60.7 Å². The zero-order valence-electron chi connectivity index (χ0n) is 12.7. The highest BCUT2D eigenvalue weighted by Crippen LogP contribution is 2.25. The molecule has 1 N–H and O–H groups in total. The van der Waals surface area contributed by atoms with E-state index in [1.807, 2.05) is 31.3 Å². The molecule has 2 heterocycles. The topological polar surface area (TPSA) is 57.4 Å². The predicted octanol–water partition coefficient (Wildman–Crippen LogP) is 1.70. The first-order valence-electron chi connectivity index (χ1n) is 7.18. The molecule has 6 heteroatoms. The number of nitrogens with one attached hydrogen (secondary N) is 1. The van der Waals surface area contributed by atoms with Crippen molar-refractivity contribution in [2.75, 3.05) is 46.1 Å². The summed E-state index contributed by atoms with van der Waals surface area (Å²) in [4.78, 5) is 9.15. The average Bonchev–Trinajstić information content (AvgIpc) is 2.99. The van der Waals surface area contributed by atoms with Gasteiger partial charge in [0, 0.05) is 37.9 Å². The van der Waals surface area contributed by atoms with Crippen LogP contribution >= 0.6 is 0 Å². The van der Waals surface area contributed by atoms with Gasteiger partial charge < -0.3 is 14.7 Å². The number of aromatic nitrogens is 2. The second-order valence-corrected chi connectivity index (χ2v) is 5.54. The highest BCUT2D eigenvalue weighted by molar-refractivity contribution is 5.58. The maximum Gasteiger partial charge on any atom is 0.257 e. The molecule has 1 unspecified atom stereocenters. The summed E-state index contributed by atoms with van der Waals surface area (Å²) in [5, 5.41) is 7.27. The third kappa shape index (κ3) is 2.91. The van der Waals surface area contributed by atoms with E-state index in [1.54, 1.807) is 0 Å². The lowest BCUT2D eigenvalue weighted by Crippen LogP contribution is -2.45. The predicted molar refractivity (Wildman–Crippen MR) is 82.1 cm³/mol. The van der Waals surface area contributed by atoms with Gasteiger partial charge in [-0.15, -0.1) is 0 Å². The Labute approximate surface area is 124 Å². The van der Waals surface area contributed by atoms with Crippen molar-refractivity contribution in [3.8, 4) is 11.5 Å². The molecule has 0 aliphatic carbocycles. The van der Waals surface area contributed by atoms with Crippen LogP contribution in [-0.2, 0) is 0 Å². The Hall–Kier alpha value is -1.92. The maximum absolute atomic E-state index is 5.43. The molecule has 21 heavy (non-hydrogen) atoms. The number of likely N-dealkylation sites (N-methyl/N-ethyl adjacent to an activating group) is 2. The van der Waals surface area contributed by atoms with Crippen molar-refractivity contribution in [3.63, 3.8) is 0 Å². The van der Waals surface area contributed by atoms with Crippen LogP contribution in [0.5, 0.6) is 0 Å². The average molecular weight is 287 g/mol. The molecule has 0 spiro atoms. The molecule has 1 aliphatic rings. The van der Waals surface area contributed by atoms with Gasteiger partial charge in [0.1, 0.15) is 0 Å². The first kappa shape index (κ1) is 14.0. The summed E-state index contributed by atoms with van der Waals surface area (Å²) in [6.45, 7) is 3.01. The number of anilines is 1. The molecule has 3 rings (SSSR count). The molecule has 1 aromatic heterocycles. The van der Waals surface area contributed by atoms with Crippen LogP contribution in [0.1, 0.15) is 11.9 Å². The van der Waals surface area contributed by atoms with Crippen molar-refractivity contribution in [1.82, 2.24) is 19.9 Å². The van der Waals surface area contributed by atoms with Crippen LogP contribution in [0.15, 0.2) is 28.8 Å². The Morgan fingerprint density at radius 1 is 1.19 bits per heavy atom. The van der Waals surface area contributed by atoms with Crippen LogP contribution in [0, 0.1) is 0 Å². The first-order chi connectivity index (χ1) is 10.2. The van der Waals surface area contributed by atoms with Crippen LogP contribution in [0.25, 0.3) is 11.5 Å². The summed E-state index contributed by atoms with van der Waals surface area (Å²) >= 11 is 0. The molecule has 0 radical (unpaired) electrons. The Morgan fingerprint density at radius 3 is 2.67 bits per heavy atom. The molecule has 0 bridgehead atoms. The molecule has 112 valence electrons. The number of hydrogen-bond acceptors (Lipinski definition) is 6. The quantitative estimate of drug-likeness (QED) is 0.927. The van der Waals surface area contributed by atoms with Crippen molar-refractivity contribution in [3.05, 3.63) is 30.1 Å². The summed E-state index contributed by atoms with van der Waals surface area (Å²) in [7, 11) is 6.13. The minimum Gasteiger partial charge on any atom is -0.388 e. The van der Waals surface area contributed by atoms with Crippen molar-refractivity contribution < 1.29 is 4.52 Å². The highest BCUT2D eigenvalue weighted by Gasteiger charge is 2.28. The second kappa shape index (κ2) is 5.83. The summed E-state index contributed by atoms with van der Waals surface area (Å²) in [6.07, 6.45) is 0. The lowest BCUT2D eigenvalue weighted by molar-refractivity contribution is 0.108. The molecule has 0 amide bonds. The molecular weight excluding hydrogens is 266 g/mol. The van der Waals surface area contributed by atoms with Gasteiger partial charge in [-0.3, -0.25) is 4.90 Å². The van der Waals surface area contributed by atoms with E-state index < -0.39 is 0 Å². The van der Waals surface area contributed by atoms with Gasteiger partial charge in [0.15, 0.2) is 5.82 Å². The molecule has 1 aliphatic heterocycles. The maximum atomic E-state index is 5.43. The van der Waals surface area contributed by atoms with E-state index in [1.165, 1.54) is 0 Å². The number of nitrogens with zero attached hydrogens (tertiary/aromatic N) is 4. The van der Waals surface area contributed by atoms with Gasteiger partial charge in [-0.05, 0) is 38.4 Å². The Balaban J connectivity index is 1.81. The third-order valence-corrected chi connectivity index (χ3v) is 4.01. The smallest absolute Gasteiger partial charge is 0.257 e. The lowest BCUT2D eigenvalue weighted by Gasteiger charge is -2.35. The van der Waals surface area contributed by atoms with E-state index in [0.29, 0.717) is 5.89 Å². The second-order valence-electron chi connectivity index (χ2n) is 5.54. The number of benzene rings is 1. The minimum atomic E-state index is 0.192. The zero-order chi connectivity index (χ0) is 14.8. The Kier molecular flexibility index (Phi) is 3.90. The van der Waals surface area contributed by atoms with Gasteiger partial charge in [0.25, 0.3) is 5.89 Å². The number of hydrogen-bond donors (Lipinski definition) is 1. The Morgan fingerprint density at radius 2 is 1.95 bits per heavy atom. The fourth-order valence-corrected chi connectivity index (χ4v) is 2.56. The van der Waals surface area contributed by atoms with Gasteiger partial charge in [0.2, 0.25) is 0 Å². The van der Waals surface area contributed by atoms with Crippen molar-refractivity contribution in [2.24, 2.45) is 0 Å². The summed E-state index contributed by atoms with van der Waals surface area (Å²) in [5.74, 6) is 1.34. The van der Waals surface area contributed by atoms with Gasteiger partial charge in [-0.25, -0.2) is 0 Å². The van der Waals surface area contributed by atoms with Gasteiger partial charge in [-0.2, -0.15) is 4.98 Å². The largest absolute Gasteiger partial charge is 0.388 e. The van der Waals surface area contributed by atoms with E-state index in [-0.39, 0.29) is 6.04 Å². The van der Waals surface area contributed by atoms with Crippen molar-refractivity contribution in [1.29, 1.82) is 0 Å². The van der Waals surface area contributed by atoms with E-state index in [0.717, 1.165) is 36.7 Å².